The number of hydrogen-bond donors (Lipinski definition) is 3. The fourth-order valence-corrected chi connectivity index (χ4v) is 6.30. The highest BCUT2D eigenvalue weighted by Gasteiger charge is 2.29. The first-order valence-electron chi connectivity index (χ1n) is 10.9. The van der Waals surface area contributed by atoms with E-state index in [0.717, 1.165) is 67.2 Å². The molecule has 3 heterocycles. The number of nitrogens with zero attached hydrogens (tertiary/aromatic N) is 2. The third kappa shape index (κ3) is 3.50. The maximum atomic E-state index is 12.9. The fourth-order valence-electron chi connectivity index (χ4n) is 4.91. The van der Waals surface area contributed by atoms with Gasteiger partial charge >= 0.3 is 0 Å². The molecule has 1 aliphatic heterocycles. The molecule has 0 bridgehead atoms. The van der Waals surface area contributed by atoms with Crippen LogP contribution in [0.3, 0.4) is 0 Å². The number of anilines is 1. The molecule has 6 nitrogen and oxygen atoms in total. The molecule has 2 aromatic heterocycles. The van der Waals surface area contributed by atoms with Gasteiger partial charge in [-0.25, -0.2) is 4.98 Å². The number of phenolic OH excluding ortho intramolecular Hbond substituents is 1. The molecule has 1 aliphatic carbocycles. The molecular formula is C23H29N4O2S+. The predicted octanol–water partition coefficient (Wildman–Crippen LogP) is 2.28. The number of nitrogens with one attached hydrogen (secondary N) is 2. The number of piperazine rings is 1. The van der Waals surface area contributed by atoms with Crippen molar-refractivity contribution in [3.05, 3.63) is 50.9 Å². The quantitative estimate of drug-likeness (QED) is 0.602. The van der Waals surface area contributed by atoms with Gasteiger partial charge < -0.3 is 19.9 Å². The van der Waals surface area contributed by atoms with Crippen LogP contribution in [0.1, 0.15) is 42.6 Å². The van der Waals surface area contributed by atoms with E-state index >= 15 is 0 Å². The van der Waals surface area contributed by atoms with Crippen LogP contribution in [0, 0.1) is 5.92 Å². The lowest BCUT2D eigenvalue weighted by Crippen LogP contribution is -3.14. The van der Waals surface area contributed by atoms with E-state index < -0.39 is 0 Å². The van der Waals surface area contributed by atoms with Crippen LogP contribution in [-0.2, 0) is 12.8 Å². The third-order valence-corrected chi connectivity index (χ3v) is 7.98. The molecule has 0 radical (unpaired) electrons. The molecule has 0 spiro atoms. The first-order chi connectivity index (χ1) is 14.5. The van der Waals surface area contributed by atoms with E-state index in [-0.39, 0.29) is 11.6 Å². The smallest absolute Gasteiger partial charge is 0.260 e. The normalized spacial score (nSPS) is 21.0. The molecule has 158 valence electrons. The average Bonchev–Trinajstić information content (AvgIpc) is 3.11. The summed E-state index contributed by atoms with van der Waals surface area (Å²) in [6, 6.07) is 7.57. The number of rotatable bonds is 3. The van der Waals surface area contributed by atoms with Crippen molar-refractivity contribution < 1.29 is 10.0 Å². The molecule has 1 saturated heterocycles. The lowest BCUT2D eigenvalue weighted by atomic mass is 9.89. The first-order valence-corrected chi connectivity index (χ1v) is 11.7. The monoisotopic (exact) mass is 425 g/mol. The van der Waals surface area contributed by atoms with Gasteiger partial charge in [-0.3, -0.25) is 4.79 Å². The van der Waals surface area contributed by atoms with Crippen LogP contribution < -0.4 is 15.4 Å². The number of aromatic hydroxyl groups is 1. The van der Waals surface area contributed by atoms with Crippen LogP contribution in [0.15, 0.2) is 29.1 Å². The summed E-state index contributed by atoms with van der Waals surface area (Å²) in [6.07, 6.45) is 3.23. The van der Waals surface area contributed by atoms with Gasteiger partial charge in [-0.05, 0) is 61.9 Å². The van der Waals surface area contributed by atoms with Gasteiger partial charge in [0.1, 0.15) is 16.6 Å². The van der Waals surface area contributed by atoms with Gasteiger partial charge in [0.15, 0.2) is 5.82 Å². The molecule has 7 heteroatoms. The van der Waals surface area contributed by atoms with Gasteiger partial charge in [0, 0.05) is 10.6 Å². The van der Waals surface area contributed by atoms with Crippen molar-refractivity contribution in [2.75, 3.05) is 31.1 Å². The molecule has 1 fully saturated rings. The van der Waals surface area contributed by atoms with Crippen LogP contribution in [0.25, 0.3) is 10.2 Å². The Morgan fingerprint density at radius 3 is 2.73 bits per heavy atom. The van der Waals surface area contributed by atoms with E-state index in [2.05, 4.69) is 23.7 Å². The van der Waals surface area contributed by atoms with E-state index in [1.807, 2.05) is 12.1 Å². The van der Waals surface area contributed by atoms with Crippen molar-refractivity contribution in [1.29, 1.82) is 0 Å². The molecule has 0 unspecified atom stereocenters. The third-order valence-electron chi connectivity index (χ3n) is 6.83. The Morgan fingerprint density at radius 1 is 1.27 bits per heavy atom. The SMILES string of the molecule is C[C@@H]1CCc2c(sc3nc([C@H](C)[NH+]4CCN(c5ccc(O)cc5)CC4)[nH]c(=O)c23)C1. The predicted molar refractivity (Wildman–Crippen MR) is 121 cm³/mol. The second-order valence-electron chi connectivity index (χ2n) is 8.87. The molecule has 2 aliphatic rings. The minimum Gasteiger partial charge on any atom is -0.508 e. The number of aryl methyl sites for hydroxylation is 1. The number of thiophene rings is 1. The zero-order chi connectivity index (χ0) is 20.8. The Labute approximate surface area is 180 Å². The second kappa shape index (κ2) is 7.71. The molecule has 3 aromatic rings. The van der Waals surface area contributed by atoms with Gasteiger partial charge in [-0.2, -0.15) is 0 Å². The van der Waals surface area contributed by atoms with Crippen molar-refractivity contribution >= 4 is 27.2 Å². The summed E-state index contributed by atoms with van der Waals surface area (Å²) < 4.78 is 0. The maximum absolute atomic E-state index is 12.9. The van der Waals surface area contributed by atoms with Gasteiger partial charge in [0.2, 0.25) is 0 Å². The number of aromatic amines is 1. The first kappa shape index (κ1) is 19.6. The Kier molecular flexibility index (Phi) is 5.03. The maximum Gasteiger partial charge on any atom is 0.260 e. The second-order valence-corrected chi connectivity index (χ2v) is 9.95. The highest BCUT2D eigenvalue weighted by atomic mass is 32.1. The summed E-state index contributed by atoms with van der Waals surface area (Å²) in [4.78, 5) is 27.1. The Bertz CT molecular complexity index is 1110. The van der Waals surface area contributed by atoms with E-state index in [9.17, 15) is 9.90 Å². The van der Waals surface area contributed by atoms with Gasteiger partial charge in [0.05, 0.1) is 31.6 Å². The number of phenols is 1. The summed E-state index contributed by atoms with van der Waals surface area (Å²) >= 11 is 1.73. The molecular weight excluding hydrogens is 396 g/mol. The largest absolute Gasteiger partial charge is 0.508 e. The van der Waals surface area contributed by atoms with Gasteiger partial charge in [0.25, 0.3) is 5.56 Å². The summed E-state index contributed by atoms with van der Waals surface area (Å²) in [5, 5.41) is 10.3. The van der Waals surface area contributed by atoms with Crippen molar-refractivity contribution in [2.24, 2.45) is 5.92 Å². The molecule has 1 aromatic carbocycles. The van der Waals surface area contributed by atoms with Crippen LogP contribution in [0.5, 0.6) is 5.75 Å². The number of hydrogen-bond acceptors (Lipinski definition) is 5. The Hall–Kier alpha value is -2.38. The Balaban J connectivity index is 1.34. The van der Waals surface area contributed by atoms with Crippen LogP contribution in [0.2, 0.25) is 0 Å². The zero-order valence-electron chi connectivity index (χ0n) is 17.6. The lowest BCUT2D eigenvalue weighted by molar-refractivity contribution is -0.930. The fraction of sp³-hybridized carbons (Fsp3) is 0.478. The van der Waals surface area contributed by atoms with Gasteiger partial charge in [-0.1, -0.05) is 6.92 Å². The van der Waals surface area contributed by atoms with Crippen molar-refractivity contribution in [3.63, 3.8) is 0 Å². The molecule has 30 heavy (non-hydrogen) atoms. The van der Waals surface area contributed by atoms with Crippen molar-refractivity contribution in [3.8, 4) is 5.75 Å². The number of quaternary nitrogens is 1. The zero-order valence-corrected chi connectivity index (χ0v) is 18.4. The van der Waals surface area contributed by atoms with E-state index in [4.69, 9.17) is 4.98 Å². The van der Waals surface area contributed by atoms with E-state index in [0.29, 0.717) is 11.7 Å². The minimum absolute atomic E-state index is 0.0380. The molecule has 5 rings (SSSR count). The van der Waals surface area contributed by atoms with Crippen LogP contribution in [-0.4, -0.2) is 41.3 Å². The molecule has 0 saturated carbocycles. The molecule has 2 atom stereocenters. The minimum atomic E-state index is 0.0380. The number of fused-ring (bicyclic) bond motifs is 3. The Morgan fingerprint density at radius 2 is 2.00 bits per heavy atom. The lowest BCUT2D eigenvalue weighted by Gasteiger charge is -2.36. The standard InChI is InChI=1S/C23H28N4O2S/c1-14-3-8-18-19(13-14)30-23-20(18)22(29)24-21(25-23)15(2)26-9-11-27(12-10-26)16-4-6-17(28)7-5-16/h4-7,14-15,28H,3,8-13H2,1-2H3,(H,24,25,29)/p+1/t14-,15+/m1/s1. The highest BCUT2D eigenvalue weighted by molar-refractivity contribution is 7.18. The summed E-state index contributed by atoms with van der Waals surface area (Å²) in [7, 11) is 0. The van der Waals surface area contributed by atoms with E-state index in [1.54, 1.807) is 23.5 Å². The topological polar surface area (TPSA) is 73.7 Å². The van der Waals surface area contributed by atoms with E-state index in [1.165, 1.54) is 15.3 Å². The van der Waals surface area contributed by atoms with Crippen LogP contribution in [0.4, 0.5) is 5.69 Å². The summed E-state index contributed by atoms with van der Waals surface area (Å²) in [5.41, 5.74) is 2.43. The summed E-state index contributed by atoms with van der Waals surface area (Å²) in [6.45, 7) is 8.33. The number of H-pyrrole nitrogens is 1. The molecule has 0 amide bonds. The average molecular weight is 426 g/mol. The molecule has 3 N–H and O–H groups in total. The highest BCUT2D eigenvalue weighted by Crippen LogP contribution is 2.35. The van der Waals surface area contributed by atoms with Crippen LogP contribution >= 0.6 is 11.3 Å². The van der Waals surface area contributed by atoms with Gasteiger partial charge in [-0.15, -0.1) is 11.3 Å². The number of benzene rings is 1. The van der Waals surface area contributed by atoms with Crippen molar-refractivity contribution in [2.45, 2.75) is 39.2 Å². The number of aromatic nitrogens is 2. The van der Waals surface area contributed by atoms with Crippen molar-refractivity contribution in [1.82, 2.24) is 9.97 Å². The summed E-state index contributed by atoms with van der Waals surface area (Å²) in [5.74, 6) is 1.80.